The van der Waals surface area contributed by atoms with Gasteiger partial charge in [-0.05, 0) is 31.0 Å². The molecule has 94 valence electrons. The topological polar surface area (TPSA) is 47.8 Å². The van der Waals surface area contributed by atoms with Crippen molar-refractivity contribution in [1.82, 2.24) is 14.8 Å². The lowest BCUT2D eigenvalue weighted by molar-refractivity contribution is 0.102. The molecule has 2 rings (SSSR count). The highest BCUT2D eigenvalue weighted by Crippen LogP contribution is 2.17. The molecule has 0 N–H and O–H groups in total. The summed E-state index contributed by atoms with van der Waals surface area (Å²) in [6.07, 6.45) is 1.63. The highest BCUT2D eigenvalue weighted by atomic mass is 32.2. The number of aromatic nitrogens is 3. The van der Waals surface area contributed by atoms with Crippen LogP contribution in [-0.2, 0) is 7.05 Å². The van der Waals surface area contributed by atoms with Gasteiger partial charge in [0, 0.05) is 12.6 Å². The molecule has 0 spiro atoms. The number of ketones is 1. The molecule has 0 unspecified atom stereocenters. The molecule has 0 amide bonds. The van der Waals surface area contributed by atoms with E-state index in [9.17, 15) is 4.79 Å². The van der Waals surface area contributed by atoms with Crippen molar-refractivity contribution in [3.05, 3.63) is 41.2 Å². The predicted molar refractivity (Wildman–Crippen MR) is 72.0 cm³/mol. The lowest BCUT2D eigenvalue weighted by Crippen LogP contribution is -2.04. The monoisotopic (exact) mass is 261 g/mol. The van der Waals surface area contributed by atoms with Crippen LogP contribution in [-0.4, -0.2) is 26.3 Å². The Hall–Kier alpha value is -1.62. The summed E-state index contributed by atoms with van der Waals surface area (Å²) in [6.45, 7) is 4.06. The van der Waals surface area contributed by atoms with Crippen LogP contribution in [0.3, 0.4) is 0 Å². The van der Waals surface area contributed by atoms with Gasteiger partial charge in [-0.15, -0.1) is 10.2 Å². The van der Waals surface area contributed by atoms with Crippen molar-refractivity contribution >= 4 is 17.5 Å². The molecule has 0 radical (unpaired) electrons. The Bertz CT molecular complexity index is 577. The van der Waals surface area contributed by atoms with Gasteiger partial charge in [-0.25, -0.2) is 0 Å². The fraction of sp³-hybridized carbons (Fsp3) is 0.308. The minimum atomic E-state index is 0.117. The van der Waals surface area contributed by atoms with Gasteiger partial charge in [0.1, 0.15) is 6.33 Å². The molecule has 0 saturated heterocycles. The second kappa shape index (κ2) is 5.35. The maximum absolute atomic E-state index is 12.0. The predicted octanol–water partition coefficient (Wildman–Crippen LogP) is 2.41. The van der Waals surface area contributed by atoms with E-state index in [4.69, 9.17) is 0 Å². The minimum absolute atomic E-state index is 0.117. The van der Waals surface area contributed by atoms with Gasteiger partial charge in [0.15, 0.2) is 10.9 Å². The van der Waals surface area contributed by atoms with E-state index in [1.165, 1.54) is 17.3 Å². The standard InChI is InChI=1S/C13H15N3OS/c1-9-4-5-11(6-10(9)2)12(17)7-18-13-15-14-8-16(13)3/h4-6,8H,7H2,1-3H3. The molecular weight excluding hydrogens is 246 g/mol. The summed E-state index contributed by atoms with van der Waals surface area (Å²) in [5.74, 6) is 0.501. The molecule has 0 bridgehead atoms. The average molecular weight is 261 g/mol. The van der Waals surface area contributed by atoms with E-state index in [1.807, 2.05) is 39.1 Å². The van der Waals surface area contributed by atoms with Crippen molar-refractivity contribution in [1.29, 1.82) is 0 Å². The Balaban J connectivity index is 2.04. The van der Waals surface area contributed by atoms with Crippen LogP contribution < -0.4 is 0 Å². The molecule has 0 aliphatic rings. The van der Waals surface area contributed by atoms with E-state index in [1.54, 1.807) is 10.9 Å². The van der Waals surface area contributed by atoms with E-state index in [0.29, 0.717) is 5.75 Å². The Morgan fingerprint density at radius 2 is 2.11 bits per heavy atom. The summed E-state index contributed by atoms with van der Waals surface area (Å²) in [6, 6.07) is 5.80. The number of nitrogens with zero attached hydrogens (tertiary/aromatic N) is 3. The van der Waals surface area contributed by atoms with E-state index < -0.39 is 0 Å². The van der Waals surface area contributed by atoms with Gasteiger partial charge in [0.2, 0.25) is 0 Å². The summed E-state index contributed by atoms with van der Waals surface area (Å²) in [5, 5.41) is 8.47. The third kappa shape index (κ3) is 2.79. The number of rotatable bonds is 4. The zero-order valence-electron chi connectivity index (χ0n) is 10.7. The number of thioether (sulfide) groups is 1. The summed E-state index contributed by atoms with van der Waals surface area (Å²) in [7, 11) is 1.86. The molecule has 0 fully saturated rings. The van der Waals surface area contributed by atoms with Crippen LogP contribution in [0.1, 0.15) is 21.5 Å². The molecule has 1 aromatic heterocycles. The Morgan fingerprint density at radius 1 is 1.33 bits per heavy atom. The zero-order valence-corrected chi connectivity index (χ0v) is 11.5. The molecule has 5 heteroatoms. The first kappa shape index (κ1) is 12.8. The average Bonchev–Trinajstić information content (AvgIpc) is 2.75. The van der Waals surface area contributed by atoms with Gasteiger partial charge in [-0.3, -0.25) is 4.79 Å². The molecule has 2 aromatic rings. The molecule has 1 heterocycles. The van der Waals surface area contributed by atoms with Crippen LogP contribution in [0, 0.1) is 13.8 Å². The van der Waals surface area contributed by atoms with Crippen LogP contribution in [0.4, 0.5) is 0 Å². The van der Waals surface area contributed by atoms with Crippen molar-refractivity contribution in [2.24, 2.45) is 7.05 Å². The van der Waals surface area contributed by atoms with Crippen LogP contribution in [0.25, 0.3) is 0 Å². The fourth-order valence-corrected chi connectivity index (χ4v) is 2.31. The number of carbonyl (C=O) groups excluding carboxylic acids is 1. The van der Waals surface area contributed by atoms with Crippen molar-refractivity contribution in [2.75, 3.05) is 5.75 Å². The molecule has 4 nitrogen and oxygen atoms in total. The van der Waals surface area contributed by atoms with Gasteiger partial charge >= 0.3 is 0 Å². The number of aryl methyl sites for hydroxylation is 3. The van der Waals surface area contributed by atoms with Crippen LogP contribution in [0.2, 0.25) is 0 Å². The fourth-order valence-electron chi connectivity index (χ4n) is 1.53. The molecular formula is C13H15N3OS. The quantitative estimate of drug-likeness (QED) is 0.626. The Labute approximate surface area is 110 Å². The van der Waals surface area contributed by atoms with Crippen LogP contribution in [0.15, 0.2) is 29.7 Å². The van der Waals surface area contributed by atoms with Gasteiger partial charge in [0.05, 0.1) is 5.75 Å². The van der Waals surface area contributed by atoms with E-state index in [0.717, 1.165) is 16.3 Å². The number of carbonyl (C=O) groups is 1. The van der Waals surface area contributed by atoms with Crippen LogP contribution in [0.5, 0.6) is 0 Å². The lowest BCUT2D eigenvalue weighted by atomic mass is 10.0. The number of hydrogen-bond acceptors (Lipinski definition) is 4. The van der Waals surface area contributed by atoms with Crippen LogP contribution >= 0.6 is 11.8 Å². The van der Waals surface area contributed by atoms with E-state index >= 15 is 0 Å². The maximum atomic E-state index is 12.0. The van der Waals surface area contributed by atoms with Crippen molar-refractivity contribution in [3.63, 3.8) is 0 Å². The zero-order chi connectivity index (χ0) is 13.1. The first-order chi connectivity index (χ1) is 8.58. The maximum Gasteiger partial charge on any atom is 0.191 e. The second-order valence-electron chi connectivity index (χ2n) is 4.24. The third-order valence-electron chi connectivity index (χ3n) is 2.83. The van der Waals surface area contributed by atoms with Gasteiger partial charge < -0.3 is 4.57 Å². The van der Waals surface area contributed by atoms with Crippen molar-refractivity contribution < 1.29 is 4.79 Å². The summed E-state index contributed by atoms with van der Waals surface area (Å²) in [4.78, 5) is 12.0. The summed E-state index contributed by atoms with van der Waals surface area (Å²) < 4.78 is 1.80. The molecule has 18 heavy (non-hydrogen) atoms. The first-order valence-corrected chi connectivity index (χ1v) is 6.63. The molecule has 0 aliphatic heterocycles. The van der Waals surface area contributed by atoms with Gasteiger partial charge in [-0.2, -0.15) is 0 Å². The van der Waals surface area contributed by atoms with E-state index in [-0.39, 0.29) is 5.78 Å². The van der Waals surface area contributed by atoms with Crippen molar-refractivity contribution in [3.8, 4) is 0 Å². The first-order valence-electron chi connectivity index (χ1n) is 5.65. The number of benzene rings is 1. The summed E-state index contributed by atoms with van der Waals surface area (Å²) >= 11 is 1.41. The molecule has 0 atom stereocenters. The Morgan fingerprint density at radius 3 is 2.72 bits per heavy atom. The third-order valence-corrected chi connectivity index (χ3v) is 3.87. The molecule has 0 saturated carbocycles. The highest BCUT2D eigenvalue weighted by Gasteiger charge is 2.09. The number of Topliss-reactive ketones (excluding diaryl/α,β-unsaturated/α-hetero) is 1. The summed E-state index contributed by atoms with van der Waals surface area (Å²) in [5.41, 5.74) is 3.10. The molecule has 0 aliphatic carbocycles. The number of hydrogen-bond donors (Lipinski definition) is 0. The largest absolute Gasteiger partial charge is 0.312 e. The van der Waals surface area contributed by atoms with Gasteiger partial charge in [0.25, 0.3) is 0 Å². The van der Waals surface area contributed by atoms with Crippen molar-refractivity contribution in [2.45, 2.75) is 19.0 Å². The highest BCUT2D eigenvalue weighted by molar-refractivity contribution is 7.99. The normalized spacial score (nSPS) is 10.6. The lowest BCUT2D eigenvalue weighted by Gasteiger charge is -2.04. The second-order valence-corrected chi connectivity index (χ2v) is 5.18. The minimum Gasteiger partial charge on any atom is -0.312 e. The Kier molecular flexibility index (Phi) is 3.81. The SMILES string of the molecule is Cc1ccc(C(=O)CSc2nncn2C)cc1C. The smallest absolute Gasteiger partial charge is 0.191 e. The molecule has 1 aromatic carbocycles. The van der Waals surface area contributed by atoms with Gasteiger partial charge in [-0.1, -0.05) is 23.9 Å². The van der Waals surface area contributed by atoms with E-state index in [2.05, 4.69) is 10.2 Å².